The molecule has 2 fully saturated rings. The Labute approximate surface area is 235 Å². The first-order valence-electron chi connectivity index (χ1n) is 16.1. The summed E-state index contributed by atoms with van der Waals surface area (Å²) in [5, 5.41) is 0. The van der Waals surface area contributed by atoms with E-state index >= 15 is 0 Å². The lowest BCUT2D eigenvalue weighted by molar-refractivity contribution is -0.934. The van der Waals surface area contributed by atoms with Crippen LogP contribution in [-0.2, 0) is 13.1 Å². The summed E-state index contributed by atoms with van der Waals surface area (Å²) in [5.74, 6) is 0. The maximum Gasteiger partial charge on any atom is 0.104 e. The van der Waals surface area contributed by atoms with Crippen LogP contribution < -0.4 is 0 Å². The van der Waals surface area contributed by atoms with Gasteiger partial charge in [-0.1, -0.05) is 139 Å². The molecular weight excluding hydrogens is 460 g/mol. The molecule has 1 unspecified atom stereocenters. The van der Waals surface area contributed by atoms with Crippen LogP contribution in [0, 0.1) is 10.8 Å². The molecule has 0 radical (unpaired) electrons. The third-order valence-corrected chi connectivity index (χ3v) is 10.2. The molecule has 2 aliphatic rings. The molecule has 0 saturated carbocycles. The van der Waals surface area contributed by atoms with E-state index < -0.39 is 0 Å². The van der Waals surface area contributed by atoms with Crippen molar-refractivity contribution >= 4 is 0 Å². The van der Waals surface area contributed by atoms with Gasteiger partial charge < -0.3 is 4.48 Å². The average Bonchev–Trinajstić information content (AvgIpc) is 3.14. The fraction of sp³-hybridized carbons (Fsp3) is 0.667. The monoisotopic (exact) mass is 517 g/mol. The van der Waals surface area contributed by atoms with Crippen LogP contribution >= 0.6 is 0 Å². The van der Waals surface area contributed by atoms with Gasteiger partial charge >= 0.3 is 0 Å². The Morgan fingerprint density at radius 2 is 1.18 bits per heavy atom. The Bertz CT molecular complexity index is 927. The maximum absolute atomic E-state index is 2.75. The van der Waals surface area contributed by atoms with Crippen molar-refractivity contribution in [2.24, 2.45) is 10.8 Å². The van der Waals surface area contributed by atoms with Crippen LogP contribution in [0.5, 0.6) is 0 Å². The van der Waals surface area contributed by atoms with E-state index in [4.69, 9.17) is 0 Å². The molecule has 0 amide bonds. The van der Waals surface area contributed by atoms with Gasteiger partial charge in [-0.3, -0.25) is 4.90 Å². The highest BCUT2D eigenvalue weighted by Gasteiger charge is 2.61. The zero-order chi connectivity index (χ0) is 26.7. The summed E-state index contributed by atoms with van der Waals surface area (Å²) in [6.07, 6.45) is 17.0. The Morgan fingerprint density at radius 1 is 0.658 bits per heavy atom. The van der Waals surface area contributed by atoms with Crippen LogP contribution in [-0.4, -0.2) is 42.1 Å². The van der Waals surface area contributed by atoms with Crippen LogP contribution in [0.1, 0.15) is 109 Å². The van der Waals surface area contributed by atoms with Crippen molar-refractivity contribution < 1.29 is 4.48 Å². The molecule has 0 aliphatic carbocycles. The van der Waals surface area contributed by atoms with Crippen LogP contribution in [0.25, 0.3) is 0 Å². The SMILES string of the molecule is CCCCCCCCCCCCC[N+]1(Cc2ccccc2)C[C@]2(C)CN(Cc3ccccc3)CC[C@]2(C)C1. The van der Waals surface area contributed by atoms with E-state index in [0.717, 1.165) is 6.54 Å². The minimum atomic E-state index is 0.382. The maximum atomic E-state index is 2.75. The Hall–Kier alpha value is -1.64. The largest absolute Gasteiger partial charge is 0.319 e. The molecule has 0 bridgehead atoms. The lowest BCUT2D eigenvalue weighted by Gasteiger charge is -2.46. The third kappa shape index (κ3) is 7.95. The summed E-state index contributed by atoms with van der Waals surface area (Å²) in [4.78, 5) is 2.75. The lowest BCUT2D eigenvalue weighted by Crippen LogP contribution is -2.52. The van der Waals surface area contributed by atoms with E-state index in [9.17, 15) is 0 Å². The molecule has 3 atom stereocenters. The van der Waals surface area contributed by atoms with Crippen molar-refractivity contribution in [2.45, 2.75) is 111 Å². The van der Waals surface area contributed by atoms with E-state index in [1.54, 1.807) is 0 Å². The number of hydrogen-bond donors (Lipinski definition) is 0. The van der Waals surface area contributed by atoms with Gasteiger partial charge in [0.2, 0.25) is 0 Å². The molecule has 2 heterocycles. The quantitative estimate of drug-likeness (QED) is 0.158. The van der Waals surface area contributed by atoms with Crippen LogP contribution in [0.4, 0.5) is 0 Å². The van der Waals surface area contributed by atoms with Crippen molar-refractivity contribution in [2.75, 3.05) is 32.7 Å². The van der Waals surface area contributed by atoms with E-state index in [1.807, 2.05) is 0 Å². The van der Waals surface area contributed by atoms with Crippen molar-refractivity contribution in [3.63, 3.8) is 0 Å². The predicted molar refractivity (Wildman–Crippen MR) is 164 cm³/mol. The van der Waals surface area contributed by atoms with Gasteiger partial charge in [0.05, 0.1) is 19.6 Å². The second-order valence-corrected chi connectivity index (χ2v) is 13.6. The van der Waals surface area contributed by atoms with Gasteiger partial charge in [-0.2, -0.15) is 0 Å². The number of rotatable bonds is 16. The number of likely N-dealkylation sites (tertiary alicyclic amines) is 2. The van der Waals surface area contributed by atoms with Gasteiger partial charge in [-0.05, 0) is 31.4 Å². The number of unbranched alkanes of at least 4 members (excludes halogenated alkanes) is 10. The van der Waals surface area contributed by atoms with Gasteiger partial charge in [0.1, 0.15) is 6.54 Å². The Balaban J connectivity index is 1.32. The second-order valence-electron chi connectivity index (χ2n) is 13.6. The minimum Gasteiger partial charge on any atom is -0.319 e. The molecule has 0 aromatic heterocycles. The number of fused-ring (bicyclic) bond motifs is 1. The Kier molecular flexibility index (Phi) is 10.9. The predicted octanol–water partition coefficient (Wildman–Crippen LogP) is 9.25. The zero-order valence-corrected chi connectivity index (χ0v) is 25.1. The van der Waals surface area contributed by atoms with Gasteiger partial charge in [-0.15, -0.1) is 0 Å². The summed E-state index contributed by atoms with van der Waals surface area (Å²) >= 11 is 0. The standard InChI is InChI=1S/C36H57N2/c1-4-5-6-7-8-9-10-11-12-13-20-27-38(29-34-23-18-15-19-24-34)31-35(2)25-26-37(30-36(35,3)32-38)28-33-21-16-14-17-22-33/h14-19,21-24H,4-13,20,25-32H2,1-3H3/q+1/t35-,36+,38?/m1/s1. The molecule has 2 aliphatic heterocycles. The van der Waals surface area contributed by atoms with E-state index in [-0.39, 0.29) is 0 Å². The van der Waals surface area contributed by atoms with E-state index in [2.05, 4.69) is 86.3 Å². The second kappa shape index (κ2) is 14.1. The van der Waals surface area contributed by atoms with Crippen molar-refractivity contribution in [1.82, 2.24) is 4.90 Å². The fourth-order valence-corrected chi connectivity index (χ4v) is 7.93. The van der Waals surface area contributed by atoms with Crippen molar-refractivity contribution in [3.05, 3.63) is 71.8 Å². The molecule has 2 nitrogen and oxygen atoms in total. The number of benzene rings is 2. The third-order valence-electron chi connectivity index (χ3n) is 10.2. The fourth-order valence-electron chi connectivity index (χ4n) is 7.93. The van der Waals surface area contributed by atoms with Crippen molar-refractivity contribution in [3.8, 4) is 0 Å². The smallest absolute Gasteiger partial charge is 0.104 e. The van der Waals surface area contributed by atoms with Crippen LogP contribution in [0.15, 0.2) is 60.7 Å². The number of piperidine rings is 1. The zero-order valence-electron chi connectivity index (χ0n) is 25.1. The summed E-state index contributed by atoms with van der Waals surface area (Å²) in [6, 6.07) is 22.5. The first-order valence-corrected chi connectivity index (χ1v) is 16.1. The number of quaternary nitrogens is 1. The molecule has 0 N–H and O–H groups in total. The topological polar surface area (TPSA) is 3.24 Å². The van der Waals surface area contributed by atoms with Gasteiger partial charge in [0, 0.05) is 29.5 Å². The highest BCUT2D eigenvalue weighted by Crippen LogP contribution is 2.55. The molecule has 38 heavy (non-hydrogen) atoms. The molecule has 2 saturated heterocycles. The van der Waals surface area contributed by atoms with Crippen LogP contribution in [0.3, 0.4) is 0 Å². The molecule has 2 aromatic rings. The molecule has 210 valence electrons. The van der Waals surface area contributed by atoms with E-state index in [1.165, 1.54) is 132 Å². The highest BCUT2D eigenvalue weighted by molar-refractivity contribution is 5.16. The molecule has 0 spiro atoms. The molecule has 2 aromatic carbocycles. The Morgan fingerprint density at radius 3 is 1.79 bits per heavy atom. The normalized spacial score (nSPS) is 27.4. The lowest BCUT2D eigenvalue weighted by atomic mass is 9.64. The van der Waals surface area contributed by atoms with Crippen LogP contribution in [0.2, 0.25) is 0 Å². The number of hydrogen-bond acceptors (Lipinski definition) is 1. The highest BCUT2D eigenvalue weighted by atomic mass is 15.4. The summed E-state index contributed by atoms with van der Waals surface area (Å²) in [6.45, 7) is 16.4. The summed E-state index contributed by atoms with van der Waals surface area (Å²) in [7, 11) is 0. The number of nitrogens with zero attached hydrogens (tertiary/aromatic N) is 2. The summed E-state index contributed by atoms with van der Waals surface area (Å²) < 4.78 is 1.30. The van der Waals surface area contributed by atoms with E-state index in [0.29, 0.717) is 10.8 Å². The first-order chi connectivity index (χ1) is 18.5. The van der Waals surface area contributed by atoms with Gasteiger partial charge in [-0.25, -0.2) is 0 Å². The molecule has 4 rings (SSSR count). The van der Waals surface area contributed by atoms with Gasteiger partial charge in [0.25, 0.3) is 0 Å². The average molecular weight is 518 g/mol. The molecule has 2 heteroatoms. The minimum absolute atomic E-state index is 0.382. The van der Waals surface area contributed by atoms with Crippen molar-refractivity contribution in [1.29, 1.82) is 0 Å². The molecular formula is C36H57N2+. The summed E-state index contributed by atoms with van der Waals surface area (Å²) in [5.41, 5.74) is 3.81. The van der Waals surface area contributed by atoms with Gasteiger partial charge in [0.15, 0.2) is 0 Å². The first kappa shape index (κ1) is 29.3.